The van der Waals surface area contributed by atoms with Crippen LogP contribution in [-0.4, -0.2) is 271 Å². The van der Waals surface area contributed by atoms with Gasteiger partial charge in [-0.05, 0) is 143 Å². The minimum absolute atomic E-state index is 0.0252. The van der Waals surface area contributed by atoms with E-state index in [4.69, 9.17) is 66.3 Å². The number of phenolic OH excluding ortho intramolecular Hbond substituents is 4. The van der Waals surface area contributed by atoms with E-state index < -0.39 is 85.3 Å². The van der Waals surface area contributed by atoms with E-state index in [0.717, 1.165) is 65.8 Å². The largest absolute Gasteiger partial charge is 0.504 e. The first-order chi connectivity index (χ1) is 66.6. The minimum Gasteiger partial charge on any atom is -0.504 e. The second-order valence-corrected chi connectivity index (χ2v) is 31.9. The van der Waals surface area contributed by atoms with E-state index in [0.29, 0.717) is 56.8 Å². The maximum Gasteiger partial charge on any atom is 0.416 e. The van der Waals surface area contributed by atoms with Crippen molar-refractivity contribution in [3.05, 3.63) is 265 Å². The van der Waals surface area contributed by atoms with Crippen molar-refractivity contribution >= 4 is 93.0 Å². The summed E-state index contributed by atoms with van der Waals surface area (Å²) < 4.78 is 74.4. The lowest BCUT2D eigenvalue weighted by Gasteiger charge is -2.40. The molecule has 724 valence electrons. The van der Waals surface area contributed by atoms with Crippen LogP contribution in [0.25, 0.3) is 22.3 Å². The van der Waals surface area contributed by atoms with Crippen LogP contribution in [0.4, 0.5) is 41.9 Å². The number of hydrogen-bond donors (Lipinski definition) is 6. The Hall–Kier alpha value is -15.9. The topological polar surface area (TPSA) is 413 Å². The molecule has 0 aromatic heterocycles. The molecule has 0 bridgehead atoms. The van der Waals surface area contributed by atoms with Gasteiger partial charge in [-0.3, -0.25) is 19.2 Å². The maximum absolute atomic E-state index is 13.7. The molecule has 8 atom stereocenters. The van der Waals surface area contributed by atoms with Gasteiger partial charge in [0.1, 0.15) is 49.4 Å². The lowest BCUT2D eigenvalue weighted by molar-refractivity contribution is 0.0175. The Morgan fingerprint density at radius 2 is 0.616 bits per heavy atom. The quantitative estimate of drug-likeness (QED) is 0.0271. The Morgan fingerprint density at radius 3 is 0.935 bits per heavy atom. The lowest BCUT2D eigenvalue weighted by Crippen LogP contribution is -2.55. The number of fused-ring (bicyclic) bond motifs is 8. The van der Waals surface area contributed by atoms with E-state index in [1.807, 2.05) is 115 Å². The second kappa shape index (κ2) is 44.5. The first-order valence-electron chi connectivity index (χ1n) is 43.6. The lowest BCUT2D eigenvalue weighted by atomic mass is 9.92. The SMILES string of the molecule is C=CCOC(=O)N1c2cc(O)c(OC)cc2C(=O)N2CC=C(c3ccc(OC)cc3)C[C@H]2C1O.C=CCOC(=O)N1c2cc(O)c(OC)cc2C(=O)N2CC=C(c3ccc(OC)cc3)C[C@H]2C1OC.C=CCOC(=O)N1c2cc(O)c(OC)cc2C(=O)N2CCC(c3ccc(OC)cc3)=C[C@H]2C1O.C=CCOC(=O)N1c2cc(O)c(OC)cc2C(=O)N2CCC(c3ccc(OC)cc3)=C[C@H]2C1OC. The third-order valence-electron chi connectivity index (χ3n) is 24.3. The molecule has 8 aliphatic heterocycles. The van der Waals surface area contributed by atoms with Crippen molar-refractivity contribution in [1.82, 2.24) is 19.6 Å². The molecule has 0 radical (unpaired) electrons. The van der Waals surface area contributed by atoms with Crippen molar-refractivity contribution in [3.8, 4) is 69.0 Å². The number of benzene rings is 8. The summed E-state index contributed by atoms with van der Waals surface area (Å²) in [5, 5.41) is 64.4. The molecule has 4 unspecified atom stereocenters. The number of amides is 8. The van der Waals surface area contributed by atoms with Gasteiger partial charge < -0.3 is 117 Å². The van der Waals surface area contributed by atoms with Crippen molar-refractivity contribution in [3.63, 3.8) is 0 Å². The predicted octanol–water partition coefficient (Wildman–Crippen LogP) is 14.0. The van der Waals surface area contributed by atoms with Crippen LogP contribution in [0.3, 0.4) is 0 Å². The summed E-state index contributed by atoms with van der Waals surface area (Å²) in [5.74, 6) is 0.889. The zero-order valence-electron chi connectivity index (χ0n) is 77.7. The zero-order chi connectivity index (χ0) is 99.0. The number of ether oxygens (including phenoxy) is 14. The number of anilines is 4. The number of nitrogens with zero attached hydrogens (tertiary/aromatic N) is 8. The van der Waals surface area contributed by atoms with E-state index in [1.165, 1.54) is 135 Å². The van der Waals surface area contributed by atoms with Crippen molar-refractivity contribution < 1.29 is 135 Å². The van der Waals surface area contributed by atoms with Gasteiger partial charge in [0.15, 0.2) is 70.9 Å². The van der Waals surface area contributed by atoms with Gasteiger partial charge in [0.2, 0.25) is 0 Å². The Kier molecular flexibility index (Phi) is 32.1. The molecule has 8 heterocycles. The van der Waals surface area contributed by atoms with Gasteiger partial charge in [-0.1, -0.05) is 123 Å². The second-order valence-electron chi connectivity index (χ2n) is 31.9. The number of aliphatic hydroxyl groups excluding tert-OH is 2. The van der Waals surface area contributed by atoms with Crippen LogP contribution in [0.15, 0.2) is 221 Å². The monoisotopic (exact) mass is 1890 g/mol. The number of carbonyl (C=O) groups is 8. The first-order valence-corrected chi connectivity index (χ1v) is 43.6. The summed E-state index contributed by atoms with van der Waals surface area (Å²) in [5.41, 5.74) is 8.66. The Morgan fingerprint density at radius 1 is 0.341 bits per heavy atom. The minimum atomic E-state index is -1.47. The summed E-state index contributed by atoms with van der Waals surface area (Å²) in [4.78, 5) is 118. The molecular weight excluding hydrogens is 1790 g/mol. The molecule has 8 aromatic rings. The fraction of sp³-hybridized carbons (Fsp3) is 0.294. The highest BCUT2D eigenvalue weighted by atomic mass is 16.6. The van der Waals surface area contributed by atoms with Crippen LogP contribution < -0.4 is 57.5 Å². The molecule has 0 spiro atoms. The molecule has 8 amide bonds. The molecule has 0 saturated heterocycles. The average molecular weight is 1890 g/mol. The standard InChI is InChI=1S/2C26H28N2O7.2C25H26N2O7/c2*1-5-12-35-26(31)28-20-15-22(29)23(33-3)14-19(20)24(30)27-11-10-17(13-21(27)25(28)34-4)16-6-8-18(32-2)9-7-16;2*1-4-11-34-25(31)27-19-14-21(28)22(33-3)13-18(19)23(29)26-10-9-16(12-20(26)24(27)30)15-5-7-17(32-2)8-6-15/h5-9,13-15,21,25,29H,1,10-12H2,2-4H3;5-10,14-15,21,25,29H,1,11-13H2,2-4H3;4-8,12-14,20,24,28,30H,1,9-11H2,2-3H3;4-9,13-14,20,24,28,30H,1,10-12H2,2-3H3/t2*21-,25?;2*20-,24?/m0000/s1. The molecule has 138 heavy (non-hydrogen) atoms. The number of methoxy groups -OCH3 is 10. The molecule has 0 aliphatic carbocycles. The highest BCUT2D eigenvalue weighted by molar-refractivity contribution is 6.10. The van der Waals surface area contributed by atoms with E-state index in [2.05, 4.69) is 26.3 Å². The smallest absolute Gasteiger partial charge is 0.416 e. The van der Waals surface area contributed by atoms with E-state index >= 15 is 0 Å². The van der Waals surface area contributed by atoms with Crippen LogP contribution in [0.5, 0.6) is 69.0 Å². The number of hydrogen-bond acceptors (Lipinski definition) is 28. The van der Waals surface area contributed by atoms with Gasteiger partial charge in [-0.25, -0.2) is 38.8 Å². The van der Waals surface area contributed by atoms with E-state index in [1.54, 1.807) is 44.3 Å². The number of aromatic hydroxyl groups is 4. The van der Waals surface area contributed by atoms with Crippen LogP contribution in [0.2, 0.25) is 0 Å². The van der Waals surface area contributed by atoms with Gasteiger partial charge in [0, 0.05) is 64.7 Å². The molecule has 0 saturated carbocycles. The van der Waals surface area contributed by atoms with Gasteiger partial charge >= 0.3 is 24.4 Å². The highest BCUT2D eigenvalue weighted by Gasteiger charge is 2.51. The van der Waals surface area contributed by atoms with Gasteiger partial charge in [0.05, 0.1) is 126 Å². The van der Waals surface area contributed by atoms with Crippen molar-refractivity contribution in [2.24, 2.45) is 0 Å². The van der Waals surface area contributed by atoms with Crippen molar-refractivity contribution in [2.45, 2.75) is 74.8 Å². The van der Waals surface area contributed by atoms with E-state index in [9.17, 15) is 69.0 Å². The molecule has 8 aliphatic rings. The molecule has 36 heteroatoms. The third-order valence-corrected chi connectivity index (χ3v) is 24.3. The number of phenols is 4. The first kappa shape index (κ1) is 99.6. The summed E-state index contributed by atoms with van der Waals surface area (Å²) in [6.45, 7) is 15.3. The van der Waals surface area contributed by atoms with Crippen molar-refractivity contribution in [1.29, 1.82) is 0 Å². The van der Waals surface area contributed by atoms with Gasteiger partial charge in [0.25, 0.3) is 23.6 Å². The van der Waals surface area contributed by atoms with Crippen LogP contribution >= 0.6 is 0 Å². The molecule has 6 N–H and O–H groups in total. The predicted molar refractivity (Wildman–Crippen MR) is 510 cm³/mol. The van der Waals surface area contributed by atoms with Crippen LogP contribution in [0, 0.1) is 0 Å². The van der Waals surface area contributed by atoms with Gasteiger partial charge in [-0.2, -0.15) is 0 Å². The molecule has 16 rings (SSSR count). The normalized spacial score (nSPS) is 19.3. The Balaban J connectivity index is 0.000000155. The number of carbonyl (C=O) groups excluding carboxylic acids is 8. The fourth-order valence-corrected chi connectivity index (χ4v) is 17.5. The summed E-state index contributed by atoms with van der Waals surface area (Å²) in [7, 11) is 14.8. The van der Waals surface area contributed by atoms with Crippen molar-refractivity contribution in [2.75, 3.05) is 143 Å². The highest BCUT2D eigenvalue weighted by Crippen LogP contribution is 2.48. The molecule has 8 aromatic carbocycles. The van der Waals surface area contributed by atoms with Crippen LogP contribution in [-0.2, 0) is 28.4 Å². The average Bonchev–Trinajstić information content (AvgIpc) is 1.62. The molecule has 0 fully saturated rings. The zero-order valence-corrected chi connectivity index (χ0v) is 77.7. The number of rotatable bonds is 22. The van der Waals surface area contributed by atoms with Gasteiger partial charge in [-0.15, -0.1) is 0 Å². The Labute approximate surface area is 796 Å². The fourth-order valence-electron chi connectivity index (χ4n) is 17.5. The third kappa shape index (κ3) is 20.5. The Bertz CT molecular complexity index is 6010. The maximum atomic E-state index is 13.7. The summed E-state index contributed by atoms with van der Waals surface area (Å²) in [6, 6.07) is 38.2. The summed E-state index contributed by atoms with van der Waals surface area (Å²) in [6.07, 6.45) is 7.31. The molecular formula is C102H108N8O28. The number of aliphatic hydroxyl groups is 2. The molecule has 36 nitrogen and oxygen atoms in total. The van der Waals surface area contributed by atoms with Crippen LogP contribution in [0.1, 0.15) is 89.4 Å². The van der Waals surface area contributed by atoms with E-state index in [-0.39, 0.29) is 136 Å². The summed E-state index contributed by atoms with van der Waals surface area (Å²) >= 11 is 0.